The molecule has 0 aliphatic carbocycles. The van der Waals surface area contributed by atoms with Gasteiger partial charge in [0.25, 0.3) is 10.0 Å². The van der Waals surface area contributed by atoms with Gasteiger partial charge in [-0.2, -0.15) is 0 Å². The first-order chi connectivity index (χ1) is 15.9. The third kappa shape index (κ3) is 6.19. The lowest BCUT2D eigenvalue weighted by Gasteiger charge is -2.09. The Morgan fingerprint density at radius 2 is 1.73 bits per heavy atom. The number of carbonyl (C=O) groups excluding carboxylic acids is 1. The number of aromatic nitrogens is 1. The zero-order valence-electron chi connectivity index (χ0n) is 17.1. The van der Waals surface area contributed by atoms with Crippen LogP contribution in [-0.2, 0) is 21.4 Å². The summed E-state index contributed by atoms with van der Waals surface area (Å²) >= 11 is 4.70. The van der Waals surface area contributed by atoms with E-state index in [-0.39, 0.29) is 17.1 Å². The number of rotatable bonds is 8. The first-order valence-electron chi connectivity index (χ1n) is 9.71. The molecule has 0 aliphatic rings. The quantitative estimate of drug-likeness (QED) is 0.272. The van der Waals surface area contributed by atoms with Crippen molar-refractivity contribution in [1.82, 2.24) is 4.98 Å². The molecule has 0 saturated carbocycles. The smallest absolute Gasteiger partial charge is 0.338 e. The Balaban J connectivity index is 1.39. The largest absolute Gasteiger partial charge is 0.456 e. The number of nitrogens with one attached hydrogen (secondary N) is 2. The van der Waals surface area contributed by atoms with Gasteiger partial charge in [0.15, 0.2) is 5.13 Å². The number of esters is 1. The molecule has 7 nitrogen and oxygen atoms in total. The lowest BCUT2D eigenvalue weighted by atomic mass is 10.2. The van der Waals surface area contributed by atoms with Crippen molar-refractivity contribution in [3.8, 4) is 0 Å². The molecular weight excluding hydrogens is 526 g/mol. The summed E-state index contributed by atoms with van der Waals surface area (Å²) in [7, 11) is -3.87. The fourth-order valence-corrected chi connectivity index (χ4v) is 4.90. The minimum absolute atomic E-state index is 0.0279. The van der Waals surface area contributed by atoms with Crippen LogP contribution in [0.5, 0.6) is 0 Å². The van der Waals surface area contributed by atoms with Crippen LogP contribution in [0.4, 0.5) is 16.5 Å². The molecule has 0 bridgehead atoms. The van der Waals surface area contributed by atoms with Crippen molar-refractivity contribution in [3.05, 3.63) is 100.0 Å². The lowest BCUT2D eigenvalue weighted by molar-refractivity contribution is 0.0468. The van der Waals surface area contributed by atoms with Crippen molar-refractivity contribution in [3.63, 3.8) is 0 Å². The van der Waals surface area contributed by atoms with Crippen LogP contribution in [0.15, 0.2) is 93.6 Å². The molecule has 2 N–H and O–H groups in total. The van der Waals surface area contributed by atoms with E-state index in [9.17, 15) is 13.2 Å². The van der Waals surface area contributed by atoms with E-state index in [2.05, 4.69) is 31.0 Å². The van der Waals surface area contributed by atoms with E-state index in [0.29, 0.717) is 16.5 Å². The van der Waals surface area contributed by atoms with Gasteiger partial charge in [-0.25, -0.2) is 18.2 Å². The van der Waals surface area contributed by atoms with Crippen molar-refractivity contribution in [1.29, 1.82) is 0 Å². The molecule has 4 rings (SSSR count). The summed E-state index contributed by atoms with van der Waals surface area (Å²) in [6.45, 7) is -0.0279. The van der Waals surface area contributed by atoms with Crippen molar-refractivity contribution < 1.29 is 17.9 Å². The summed E-state index contributed by atoms with van der Waals surface area (Å²) in [5, 5.41) is 5.65. The first kappa shape index (κ1) is 23.0. The van der Waals surface area contributed by atoms with Gasteiger partial charge in [0.1, 0.15) is 6.61 Å². The molecule has 0 spiro atoms. The number of para-hydroxylation sites is 1. The number of hydrogen-bond acceptors (Lipinski definition) is 7. The molecule has 10 heteroatoms. The van der Waals surface area contributed by atoms with Crippen molar-refractivity contribution in [2.75, 3.05) is 10.0 Å². The summed E-state index contributed by atoms with van der Waals surface area (Å²) in [6, 6.07) is 22.0. The van der Waals surface area contributed by atoms with Crippen molar-refractivity contribution in [2.24, 2.45) is 0 Å². The number of carbonyl (C=O) groups is 1. The average Bonchev–Trinajstić information content (AvgIpc) is 3.27. The normalized spacial score (nSPS) is 11.1. The number of nitrogens with zero attached hydrogens (tertiary/aromatic N) is 1. The Kier molecular flexibility index (Phi) is 7.07. The van der Waals surface area contributed by atoms with E-state index in [0.717, 1.165) is 10.2 Å². The molecule has 3 aromatic carbocycles. The number of sulfonamides is 1. The average molecular weight is 544 g/mol. The Hall–Kier alpha value is -3.21. The topological polar surface area (TPSA) is 97.4 Å². The molecule has 0 radical (unpaired) electrons. The van der Waals surface area contributed by atoms with Gasteiger partial charge < -0.3 is 10.1 Å². The van der Waals surface area contributed by atoms with Gasteiger partial charge in [-0.1, -0.05) is 40.2 Å². The van der Waals surface area contributed by atoms with Crippen molar-refractivity contribution in [2.45, 2.75) is 11.5 Å². The van der Waals surface area contributed by atoms with Crippen LogP contribution in [0.2, 0.25) is 0 Å². The second-order valence-electron chi connectivity index (χ2n) is 6.85. The maximum absolute atomic E-state index is 12.7. The highest BCUT2D eigenvalue weighted by molar-refractivity contribution is 9.10. The Bertz CT molecular complexity index is 1360. The monoisotopic (exact) mass is 543 g/mol. The second-order valence-corrected chi connectivity index (χ2v) is 10.3. The van der Waals surface area contributed by atoms with Gasteiger partial charge in [0, 0.05) is 21.2 Å². The SMILES string of the molecule is O=C(OCc1csc(Nc2ccccc2)n1)c1cccc(S(=O)(=O)Nc2ccc(Br)cc2)c1. The van der Waals surface area contributed by atoms with Crippen molar-refractivity contribution >= 4 is 59.8 Å². The van der Waals surface area contributed by atoms with E-state index < -0.39 is 16.0 Å². The van der Waals surface area contributed by atoms with Crippen LogP contribution < -0.4 is 10.0 Å². The van der Waals surface area contributed by atoms with Crippen LogP contribution >= 0.6 is 27.3 Å². The second kappa shape index (κ2) is 10.2. The minimum atomic E-state index is -3.87. The number of anilines is 3. The molecule has 0 amide bonds. The van der Waals surface area contributed by atoms with Crippen LogP contribution in [0.1, 0.15) is 16.1 Å². The summed E-state index contributed by atoms with van der Waals surface area (Å²) in [4.78, 5) is 16.9. The van der Waals surface area contributed by atoms with Crippen LogP contribution in [0.25, 0.3) is 0 Å². The van der Waals surface area contributed by atoms with Crippen LogP contribution in [0, 0.1) is 0 Å². The molecule has 0 saturated heterocycles. The zero-order valence-corrected chi connectivity index (χ0v) is 20.3. The number of ether oxygens (including phenoxy) is 1. The standard InChI is InChI=1S/C23H18BrN3O4S2/c24-17-9-11-19(12-10-17)27-33(29,30)21-8-4-5-16(13-21)22(28)31-14-20-15-32-23(26-20)25-18-6-2-1-3-7-18/h1-13,15,27H,14H2,(H,25,26). The van der Waals surface area contributed by atoms with Crippen LogP contribution in [-0.4, -0.2) is 19.4 Å². The Morgan fingerprint density at radius 3 is 2.48 bits per heavy atom. The highest BCUT2D eigenvalue weighted by Gasteiger charge is 2.17. The van der Waals surface area contributed by atoms with E-state index in [1.807, 2.05) is 30.3 Å². The Labute approximate surface area is 203 Å². The highest BCUT2D eigenvalue weighted by Crippen LogP contribution is 2.22. The fraction of sp³-hybridized carbons (Fsp3) is 0.0435. The fourth-order valence-electron chi connectivity index (χ4n) is 2.82. The third-order valence-corrected chi connectivity index (χ3v) is 7.12. The molecule has 0 unspecified atom stereocenters. The number of hydrogen-bond donors (Lipinski definition) is 2. The predicted octanol–water partition coefficient (Wildman–Crippen LogP) is 5.81. The van der Waals surface area contributed by atoms with Gasteiger partial charge >= 0.3 is 5.97 Å². The number of benzene rings is 3. The van der Waals surface area contributed by atoms with Gasteiger partial charge in [-0.05, 0) is 54.6 Å². The van der Waals surface area contributed by atoms with Gasteiger partial charge in [0.2, 0.25) is 0 Å². The molecule has 0 fully saturated rings. The maximum atomic E-state index is 12.7. The zero-order chi connectivity index (χ0) is 23.3. The van der Waals surface area contributed by atoms with Gasteiger partial charge in [0.05, 0.1) is 16.2 Å². The number of thiazole rings is 1. The summed E-state index contributed by atoms with van der Waals surface area (Å²) in [5.41, 5.74) is 2.04. The Morgan fingerprint density at radius 1 is 0.970 bits per heavy atom. The highest BCUT2D eigenvalue weighted by atomic mass is 79.9. The van der Waals surface area contributed by atoms with E-state index in [4.69, 9.17) is 4.74 Å². The first-order valence-corrected chi connectivity index (χ1v) is 12.9. The molecule has 33 heavy (non-hydrogen) atoms. The molecule has 0 atom stereocenters. The lowest BCUT2D eigenvalue weighted by Crippen LogP contribution is -2.14. The molecule has 1 aromatic heterocycles. The van der Waals surface area contributed by atoms with E-state index >= 15 is 0 Å². The molecule has 168 valence electrons. The summed E-state index contributed by atoms with van der Waals surface area (Å²) in [6.07, 6.45) is 0. The van der Waals surface area contributed by atoms with Gasteiger partial charge in [-0.15, -0.1) is 11.3 Å². The maximum Gasteiger partial charge on any atom is 0.338 e. The van der Waals surface area contributed by atoms with Gasteiger partial charge in [-0.3, -0.25) is 4.72 Å². The molecule has 0 aliphatic heterocycles. The minimum Gasteiger partial charge on any atom is -0.456 e. The van der Waals surface area contributed by atoms with Crippen LogP contribution in [0.3, 0.4) is 0 Å². The predicted molar refractivity (Wildman–Crippen MR) is 132 cm³/mol. The molecule has 4 aromatic rings. The van der Waals surface area contributed by atoms with E-state index in [1.54, 1.807) is 29.6 Å². The van der Waals surface area contributed by atoms with E-state index in [1.165, 1.54) is 35.6 Å². The third-order valence-electron chi connectivity index (χ3n) is 4.40. The number of halogens is 1. The summed E-state index contributed by atoms with van der Waals surface area (Å²) < 4.78 is 34.1. The molecular formula is C23H18BrN3O4S2. The summed E-state index contributed by atoms with van der Waals surface area (Å²) in [5.74, 6) is -0.638. The molecule has 1 heterocycles.